The van der Waals surface area contributed by atoms with Crippen molar-refractivity contribution in [1.82, 2.24) is 0 Å². The minimum Gasteiger partial charge on any atom is -0.465 e. The van der Waals surface area contributed by atoms with Crippen molar-refractivity contribution in [2.45, 2.75) is 0 Å². The summed E-state index contributed by atoms with van der Waals surface area (Å²) in [7, 11) is -0.119. The third kappa shape index (κ3) is 2.61. The highest BCUT2D eigenvalue weighted by Gasteiger charge is 2.12. The minimum atomic E-state index is -1.47. The molecule has 1 aromatic carbocycles. The summed E-state index contributed by atoms with van der Waals surface area (Å²) in [6, 6.07) is 8.57. The summed E-state index contributed by atoms with van der Waals surface area (Å²) in [6.45, 7) is 0. The van der Waals surface area contributed by atoms with E-state index in [1.165, 1.54) is 18.4 Å². The van der Waals surface area contributed by atoms with Crippen LogP contribution in [0.25, 0.3) is 11.1 Å². The van der Waals surface area contributed by atoms with E-state index in [1.807, 2.05) is 5.38 Å². The van der Waals surface area contributed by atoms with Crippen molar-refractivity contribution < 1.29 is 19.6 Å². The highest BCUT2D eigenvalue weighted by Crippen LogP contribution is 2.25. The topological polar surface area (TPSA) is 66.8 Å². The third-order valence-corrected chi connectivity index (χ3v) is 3.44. The molecule has 4 nitrogen and oxygen atoms in total. The summed E-state index contributed by atoms with van der Waals surface area (Å²) < 4.78 is 4.64. The quantitative estimate of drug-likeness (QED) is 0.636. The van der Waals surface area contributed by atoms with Crippen molar-refractivity contribution in [3.63, 3.8) is 0 Å². The number of methoxy groups -OCH3 is 1. The molecule has 0 aliphatic heterocycles. The van der Waals surface area contributed by atoms with E-state index >= 15 is 0 Å². The van der Waals surface area contributed by atoms with Crippen molar-refractivity contribution in [2.24, 2.45) is 0 Å². The second kappa shape index (κ2) is 5.35. The molecule has 0 radical (unpaired) electrons. The largest absolute Gasteiger partial charge is 0.488 e. The second-order valence-electron chi connectivity index (χ2n) is 3.69. The molecule has 6 heteroatoms. The lowest BCUT2D eigenvalue weighted by molar-refractivity contribution is 0.0606. The van der Waals surface area contributed by atoms with E-state index in [0.29, 0.717) is 10.3 Å². The van der Waals surface area contributed by atoms with Gasteiger partial charge in [0.05, 0.1) is 7.11 Å². The highest BCUT2D eigenvalue weighted by atomic mass is 32.1. The standard InChI is InChI=1S/C12H11BO4S/c1-17-12(14)11-6-9(7-18-11)8-2-4-10(5-3-8)13(15)16/h2-7,15-16H,1H3. The van der Waals surface area contributed by atoms with Gasteiger partial charge in [0.15, 0.2) is 0 Å². The number of rotatable bonds is 3. The van der Waals surface area contributed by atoms with Crippen LogP contribution in [0.4, 0.5) is 0 Å². The van der Waals surface area contributed by atoms with Crippen molar-refractivity contribution in [2.75, 3.05) is 7.11 Å². The minimum absolute atomic E-state index is 0.353. The number of esters is 1. The summed E-state index contributed by atoms with van der Waals surface area (Å²) >= 11 is 1.31. The number of carbonyl (C=O) groups excluding carboxylic acids is 1. The van der Waals surface area contributed by atoms with Crippen LogP contribution in [0.1, 0.15) is 9.67 Å². The first-order valence-electron chi connectivity index (χ1n) is 5.25. The molecule has 2 N–H and O–H groups in total. The van der Waals surface area contributed by atoms with Gasteiger partial charge < -0.3 is 14.8 Å². The summed E-state index contributed by atoms with van der Waals surface area (Å²) in [5.41, 5.74) is 2.24. The molecular formula is C12H11BO4S. The molecule has 0 fully saturated rings. The first-order chi connectivity index (χ1) is 8.61. The van der Waals surface area contributed by atoms with E-state index in [4.69, 9.17) is 10.0 Å². The maximum atomic E-state index is 11.3. The first kappa shape index (κ1) is 12.8. The molecule has 0 saturated carbocycles. The van der Waals surface area contributed by atoms with Gasteiger partial charge in [0, 0.05) is 0 Å². The van der Waals surface area contributed by atoms with Crippen molar-refractivity contribution in [3.8, 4) is 11.1 Å². The van der Waals surface area contributed by atoms with E-state index in [-0.39, 0.29) is 5.97 Å². The molecule has 0 aliphatic carbocycles. The predicted octanol–water partition coefficient (Wildman–Crippen LogP) is 0.881. The van der Waals surface area contributed by atoms with Gasteiger partial charge in [-0.2, -0.15) is 0 Å². The van der Waals surface area contributed by atoms with Gasteiger partial charge in [-0.3, -0.25) is 0 Å². The summed E-state index contributed by atoms with van der Waals surface area (Å²) in [4.78, 5) is 11.9. The Hall–Kier alpha value is -1.63. The van der Waals surface area contributed by atoms with Crippen LogP contribution in [0.3, 0.4) is 0 Å². The Balaban J connectivity index is 2.26. The van der Waals surface area contributed by atoms with Crippen molar-refractivity contribution in [1.29, 1.82) is 0 Å². The monoisotopic (exact) mass is 262 g/mol. The molecule has 1 heterocycles. The van der Waals surface area contributed by atoms with Crippen LogP contribution in [0.5, 0.6) is 0 Å². The zero-order valence-electron chi connectivity index (χ0n) is 9.66. The summed E-state index contributed by atoms with van der Waals surface area (Å²) in [5.74, 6) is -0.353. The second-order valence-corrected chi connectivity index (χ2v) is 4.60. The van der Waals surface area contributed by atoms with Crippen LogP contribution < -0.4 is 5.46 Å². The fraction of sp³-hybridized carbons (Fsp3) is 0.0833. The molecule has 0 saturated heterocycles. The third-order valence-electron chi connectivity index (χ3n) is 2.53. The molecule has 0 spiro atoms. The SMILES string of the molecule is COC(=O)c1cc(-c2ccc(B(O)O)cc2)cs1. The molecule has 0 atom stereocenters. The molecule has 1 aromatic heterocycles. The maximum Gasteiger partial charge on any atom is 0.488 e. The number of benzene rings is 1. The fourth-order valence-electron chi connectivity index (χ4n) is 1.54. The van der Waals surface area contributed by atoms with Gasteiger partial charge in [-0.25, -0.2) is 4.79 Å². The van der Waals surface area contributed by atoms with Gasteiger partial charge in [0.2, 0.25) is 0 Å². The lowest BCUT2D eigenvalue weighted by atomic mass is 9.80. The van der Waals surface area contributed by atoms with Gasteiger partial charge >= 0.3 is 13.1 Å². The van der Waals surface area contributed by atoms with Gasteiger partial charge in [-0.15, -0.1) is 11.3 Å². The Labute approximate surface area is 109 Å². The predicted molar refractivity (Wildman–Crippen MR) is 70.9 cm³/mol. The van der Waals surface area contributed by atoms with Crippen LogP contribution in [0.15, 0.2) is 35.7 Å². The number of thiophene rings is 1. The van der Waals surface area contributed by atoms with Crippen molar-refractivity contribution in [3.05, 3.63) is 40.6 Å². The van der Waals surface area contributed by atoms with Crippen molar-refractivity contribution >= 4 is 29.9 Å². The lowest BCUT2D eigenvalue weighted by Gasteiger charge is -2.01. The van der Waals surface area contributed by atoms with Gasteiger partial charge in [0.1, 0.15) is 4.88 Å². The van der Waals surface area contributed by atoms with Gasteiger partial charge in [0.25, 0.3) is 0 Å². The van der Waals surface area contributed by atoms with E-state index in [2.05, 4.69) is 4.74 Å². The number of hydrogen-bond acceptors (Lipinski definition) is 5. The molecule has 0 bridgehead atoms. The Kier molecular flexibility index (Phi) is 3.81. The van der Waals surface area contributed by atoms with E-state index in [0.717, 1.165) is 11.1 Å². The Bertz CT molecular complexity index is 547. The molecule has 2 rings (SSSR count). The average molecular weight is 262 g/mol. The zero-order chi connectivity index (χ0) is 13.1. The fourth-order valence-corrected chi connectivity index (χ4v) is 2.38. The number of hydrogen-bond donors (Lipinski definition) is 2. The summed E-state index contributed by atoms with van der Waals surface area (Å²) in [5, 5.41) is 19.8. The number of carbonyl (C=O) groups is 1. The Morgan fingerprint density at radius 1 is 1.22 bits per heavy atom. The smallest absolute Gasteiger partial charge is 0.465 e. The maximum absolute atomic E-state index is 11.3. The normalized spacial score (nSPS) is 10.2. The van der Waals surface area contributed by atoms with Crippen LogP contribution in [0.2, 0.25) is 0 Å². The molecule has 92 valence electrons. The molecule has 0 unspecified atom stereocenters. The molecule has 18 heavy (non-hydrogen) atoms. The molecule has 0 aliphatic rings. The van der Waals surface area contributed by atoms with Crippen LogP contribution in [-0.4, -0.2) is 30.2 Å². The zero-order valence-corrected chi connectivity index (χ0v) is 10.5. The summed E-state index contributed by atoms with van der Waals surface area (Å²) in [6.07, 6.45) is 0. The molecule has 2 aromatic rings. The average Bonchev–Trinajstić information content (AvgIpc) is 2.87. The van der Waals surface area contributed by atoms with E-state index in [1.54, 1.807) is 30.3 Å². The van der Waals surface area contributed by atoms with Crippen LogP contribution in [0, 0.1) is 0 Å². The lowest BCUT2D eigenvalue weighted by Crippen LogP contribution is -2.29. The number of ether oxygens (including phenoxy) is 1. The van der Waals surface area contributed by atoms with Crippen LogP contribution >= 0.6 is 11.3 Å². The van der Waals surface area contributed by atoms with Crippen LogP contribution in [-0.2, 0) is 4.74 Å². The Morgan fingerprint density at radius 3 is 2.44 bits per heavy atom. The highest BCUT2D eigenvalue weighted by molar-refractivity contribution is 7.12. The molecular weight excluding hydrogens is 251 g/mol. The van der Waals surface area contributed by atoms with E-state index < -0.39 is 7.12 Å². The van der Waals surface area contributed by atoms with Gasteiger partial charge in [-0.05, 0) is 28.0 Å². The Morgan fingerprint density at radius 2 is 1.89 bits per heavy atom. The molecule has 0 amide bonds. The first-order valence-corrected chi connectivity index (χ1v) is 6.13. The van der Waals surface area contributed by atoms with E-state index in [9.17, 15) is 4.79 Å². The van der Waals surface area contributed by atoms with Gasteiger partial charge in [-0.1, -0.05) is 24.3 Å².